The van der Waals surface area contributed by atoms with Gasteiger partial charge in [0.25, 0.3) is 11.5 Å². The number of rotatable bonds is 7. The molecule has 0 bridgehead atoms. The molecule has 3 aromatic carbocycles. The van der Waals surface area contributed by atoms with E-state index in [0.29, 0.717) is 54.9 Å². The largest absolute Gasteiger partial charge is 0.453 e. The van der Waals surface area contributed by atoms with E-state index in [-0.39, 0.29) is 22.9 Å². The lowest BCUT2D eigenvalue weighted by Crippen LogP contribution is -2.40. The van der Waals surface area contributed by atoms with Gasteiger partial charge in [-0.1, -0.05) is 50.2 Å². The van der Waals surface area contributed by atoms with Crippen molar-refractivity contribution in [3.63, 3.8) is 0 Å². The van der Waals surface area contributed by atoms with Crippen LogP contribution >= 0.6 is 0 Å². The van der Waals surface area contributed by atoms with Crippen LogP contribution < -0.4 is 15.6 Å². The van der Waals surface area contributed by atoms with Gasteiger partial charge in [0, 0.05) is 24.3 Å². The van der Waals surface area contributed by atoms with Crippen LogP contribution in [0.2, 0.25) is 0 Å². The molecule has 5 rings (SSSR count). The van der Waals surface area contributed by atoms with Gasteiger partial charge < -0.3 is 19.7 Å². The Morgan fingerprint density at radius 1 is 0.974 bits per heavy atom. The average Bonchev–Trinajstić information content (AvgIpc) is 2.96. The van der Waals surface area contributed by atoms with E-state index >= 15 is 0 Å². The number of para-hydroxylation sites is 1. The van der Waals surface area contributed by atoms with Crippen molar-refractivity contribution in [3.8, 4) is 17.2 Å². The van der Waals surface area contributed by atoms with Gasteiger partial charge in [0.15, 0.2) is 11.4 Å². The van der Waals surface area contributed by atoms with E-state index in [4.69, 9.17) is 9.47 Å². The first-order valence-corrected chi connectivity index (χ1v) is 12.7. The molecular formula is C30H30N4O4. The third-order valence-corrected chi connectivity index (χ3v) is 6.37. The number of amides is 1. The maximum Gasteiger partial charge on any atom is 0.299 e. The molecule has 38 heavy (non-hydrogen) atoms. The molecule has 2 heterocycles. The Kier molecular flexibility index (Phi) is 7.51. The zero-order chi connectivity index (χ0) is 26.5. The summed E-state index contributed by atoms with van der Waals surface area (Å²) in [6.45, 7) is 6.38. The van der Waals surface area contributed by atoms with E-state index in [1.165, 1.54) is 10.9 Å². The number of ether oxygens (including phenoxy) is 2. The fourth-order valence-corrected chi connectivity index (χ4v) is 4.27. The maximum absolute atomic E-state index is 13.7. The van der Waals surface area contributed by atoms with Crippen LogP contribution in [0, 0.1) is 0 Å². The second-order valence-electron chi connectivity index (χ2n) is 9.38. The van der Waals surface area contributed by atoms with Crippen LogP contribution in [0.4, 0.5) is 11.4 Å². The van der Waals surface area contributed by atoms with Gasteiger partial charge in [0.2, 0.25) is 0 Å². The Hall–Kier alpha value is -4.43. The van der Waals surface area contributed by atoms with E-state index in [9.17, 15) is 9.59 Å². The zero-order valence-electron chi connectivity index (χ0n) is 21.5. The van der Waals surface area contributed by atoms with E-state index in [0.717, 1.165) is 5.56 Å². The van der Waals surface area contributed by atoms with Crippen LogP contribution in [0.15, 0.2) is 89.9 Å². The third-order valence-electron chi connectivity index (χ3n) is 6.37. The van der Waals surface area contributed by atoms with Gasteiger partial charge >= 0.3 is 0 Å². The SMILES string of the molecule is CC(C)c1cccc(Oc2cnn(-c3ccccc3)c(=O)c2Nc2cccc(C(=O)N3CCOCC3)c2)c1. The van der Waals surface area contributed by atoms with Crippen molar-refractivity contribution >= 4 is 17.3 Å². The summed E-state index contributed by atoms with van der Waals surface area (Å²) in [4.78, 5) is 28.5. The van der Waals surface area contributed by atoms with Gasteiger partial charge in [0.1, 0.15) is 5.75 Å². The molecule has 194 valence electrons. The quantitative estimate of drug-likeness (QED) is 0.360. The molecule has 0 spiro atoms. The Morgan fingerprint density at radius 3 is 2.50 bits per heavy atom. The van der Waals surface area contributed by atoms with Gasteiger partial charge in [-0.15, -0.1) is 0 Å². The van der Waals surface area contributed by atoms with Crippen molar-refractivity contribution < 1.29 is 14.3 Å². The van der Waals surface area contributed by atoms with E-state index in [2.05, 4.69) is 24.3 Å². The highest BCUT2D eigenvalue weighted by Crippen LogP contribution is 2.31. The molecule has 0 atom stereocenters. The van der Waals surface area contributed by atoms with Gasteiger partial charge in [-0.25, -0.2) is 0 Å². The molecule has 8 nitrogen and oxygen atoms in total. The van der Waals surface area contributed by atoms with Crippen molar-refractivity contribution in [2.75, 3.05) is 31.6 Å². The lowest BCUT2D eigenvalue weighted by Gasteiger charge is -2.27. The fourth-order valence-electron chi connectivity index (χ4n) is 4.27. The maximum atomic E-state index is 13.7. The van der Waals surface area contributed by atoms with Crippen LogP contribution in [0.25, 0.3) is 5.69 Å². The third kappa shape index (κ3) is 5.60. The van der Waals surface area contributed by atoms with Crippen LogP contribution in [0.3, 0.4) is 0 Å². The molecule has 1 aliphatic heterocycles. The first-order valence-electron chi connectivity index (χ1n) is 12.7. The summed E-state index contributed by atoms with van der Waals surface area (Å²) in [5.41, 5.74) is 2.71. The minimum atomic E-state index is -0.376. The Bertz CT molecular complexity index is 1480. The van der Waals surface area contributed by atoms with Crippen molar-refractivity contribution in [1.29, 1.82) is 0 Å². The standard InChI is InChI=1S/C30H30N4O4/c1-21(2)22-8-7-13-26(19-22)38-27-20-31-34(25-11-4-3-5-12-25)30(36)28(27)32-24-10-6-9-23(18-24)29(35)33-14-16-37-17-15-33/h3-13,18-21,32H,14-17H2,1-2H3. The predicted octanol–water partition coefficient (Wildman–Crippen LogP) is 5.36. The fraction of sp³-hybridized carbons (Fsp3) is 0.233. The Morgan fingerprint density at radius 2 is 1.74 bits per heavy atom. The van der Waals surface area contributed by atoms with Crippen molar-refractivity contribution in [1.82, 2.24) is 14.7 Å². The summed E-state index contributed by atoms with van der Waals surface area (Å²) >= 11 is 0. The van der Waals surface area contributed by atoms with Crippen LogP contribution in [-0.4, -0.2) is 46.9 Å². The Balaban J connectivity index is 1.52. The molecule has 4 aromatic rings. The molecule has 1 saturated heterocycles. The second kappa shape index (κ2) is 11.3. The van der Waals surface area contributed by atoms with Gasteiger partial charge in [-0.3, -0.25) is 9.59 Å². The topological polar surface area (TPSA) is 85.7 Å². The molecule has 1 aliphatic rings. The van der Waals surface area contributed by atoms with Crippen LogP contribution in [0.1, 0.15) is 35.7 Å². The van der Waals surface area contributed by atoms with Crippen molar-refractivity contribution in [2.24, 2.45) is 0 Å². The number of benzene rings is 3. The van der Waals surface area contributed by atoms with Gasteiger partial charge in [0.05, 0.1) is 25.1 Å². The van der Waals surface area contributed by atoms with E-state index < -0.39 is 0 Å². The molecule has 1 aromatic heterocycles. The molecule has 0 unspecified atom stereocenters. The molecule has 0 radical (unpaired) electrons. The van der Waals surface area contributed by atoms with E-state index in [1.807, 2.05) is 60.7 Å². The highest BCUT2D eigenvalue weighted by Gasteiger charge is 2.20. The smallest absolute Gasteiger partial charge is 0.299 e. The lowest BCUT2D eigenvalue weighted by atomic mass is 10.0. The number of carbonyl (C=O) groups is 1. The van der Waals surface area contributed by atoms with Gasteiger partial charge in [-0.2, -0.15) is 9.78 Å². The number of nitrogens with one attached hydrogen (secondary N) is 1. The monoisotopic (exact) mass is 510 g/mol. The number of hydrogen-bond acceptors (Lipinski definition) is 6. The number of nitrogens with zero attached hydrogens (tertiary/aromatic N) is 3. The van der Waals surface area contributed by atoms with Crippen LogP contribution in [-0.2, 0) is 4.74 Å². The van der Waals surface area contributed by atoms with Crippen molar-refractivity contribution in [2.45, 2.75) is 19.8 Å². The molecule has 0 saturated carbocycles. The number of morpholine rings is 1. The van der Waals surface area contributed by atoms with Crippen molar-refractivity contribution in [3.05, 3.63) is 107 Å². The first-order chi connectivity index (χ1) is 18.5. The summed E-state index contributed by atoms with van der Waals surface area (Å²) in [5, 5.41) is 7.59. The minimum Gasteiger partial charge on any atom is -0.453 e. The number of hydrogen-bond donors (Lipinski definition) is 1. The van der Waals surface area contributed by atoms with Gasteiger partial charge in [-0.05, 0) is 53.9 Å². The van der Waals surface area contributed by atoms with Crippen LogP contribution in [0.5, 0.6) is 11.5 Å². The highest BCUT2D eigenvalue weighted by atomic mass is 16.5. The first kappa shape index (κ1) is 25.2. The summed E-state index contributed by atoms with van der Waals surface area (Å²) < 4.78 is 12.9. The second-order valence-corrected chi connectivity index (χ2v) is 9.38. The predicted molar refractivity (Wildman–Crippen MR) is 147 cm³/mol. The molecule has 0 aliphatic carbocycles. The molecule has 1 N–H and O–H groups in total. The molecule has 1 amide bonds. The number of anilines is 2. The Labute approximate surface area is 221 Å². The van der Waals surface area contributed by atoms with E-state index in [1.54, 1.807) is 23.1 Å². The highest BCUT2D eigenvalue weighted by molar-refractivity contribution is 5.95. The average molecular weight is 511 g/mol. The zero-order valence-corrected chi connectivity index (χ0v) is 21.5. The number of aromatic nitrogens is 2. The molecule has 8 heteroatoms. The summed E-state index contributed by atoms with van der Waals surface area (Å²) in [6, 6.07) is 24.1. The minimum absolute atomic E-state index is 0.0738. The molecular weight excluding hydrogens is 480 g/mol. The normalized spacial score (nSPS) is 13.4. The lowest BCUT2D eigenvalue weighted by molar-refractivity contribution is 0.0303. The number of carbonyl (C=O) groups excluding carboxylic acids is 1. The summed E-state index contributed by atoms with van der Waals surface area (Å²) in [6.07, 6.45) is 1.53. The summed E-state index contributed by atoms with van der Waals surface area (Å²) in [5.74, 6) is 1.14. The molecule has 1 fully saturated rings. The summed E-state index contributed by atoms with van der Waals surface area (Å²) in [7, 11) is 0.